The molecule has 0 aromatic rings. The van der Waals surface area contributed by atoms with E-state index in [9.17, 15) is 4.79 Å². The second-order valence-corrected chi connectivity index (χ2v) is 4.59. The van der Waals surface area contributed by atoms with Crippen molar-refractivity contribution in [1.29, 1.82) is 0 Å². The van der Waals surface area contributed by atoms with Crippen molar-refractivity contribution in [2.24, 2.45) is 0 Å². The van der Waals surface area contributed by atoms with Gasteiger partial charge in [-0.3, -0.25) is 10.1 Å². The van der Waals surface area contributed by atoms with Gasteiger partial charge in [-0.05, 0) is 41.8 Å². The highest BCUT2D eigenvalue weighted by Gasteiger charge is 2.35. The van der Waals surface area contributed by atoms with Crippen molar-refractivity contribution in [3.8, 4) is 0 Å². The Kier molecular flexibility index (Phi) is 5.83. The number of nitrogens with one attached hydrogen (secondary N) is 1. The lowest BCUT2D eigenvalue weighted by Crippen LogP contribution is -2.58. The maximum absolute atomic E-state index is 11.8. The highest BCUT2D eigenvalue weighted by Crippen LogP contribution is 2.09. The maximum Gasteiger partial charge on any atom is 0.327 e. The van der Waals surface area contributed by atoms with Crippen LogP contribution < -0.4 is 5.32 Å². The normalized spacial score (nSPS) is 15.5. The van der Waals surface area contributed by atoms with Crippen LogP contribution in [0.15, 0.2) is 0 Å². The van der Waals surface area contributed by atoms with Gasteiger partial charge in [0, 0.05) is 12.6 Å². The Morgan fingerprint density at radius 3 is 2.33 bits per heavy atom. The van der Waals surface area contributed by atoms with Crippen molar-refractivity contribution in [2.75, 3.05) is 27.2 Å². The van der Waals surface area contributed by atoms with Crippen LogP contribution in [0, 0.1) is 0 Å². The van der Waals surface area contributed by atoms with Crippen LogP contribution in [0.1, 0.15) is 27.7 Å². The summed E-state index contributed by atoms with van der Waals surface area (Å²) in [5.41, 5.74) is -0.631. The largest absolute Gasteiger partial charge is 0.465 e. The molecular weight excluding hydrogens is 192 g/mol. The molecule has 0 bridgehead atoms. The Balaban J connectivity index is 4.60. The van der Waals surface area contributed by atoms with Gasteiger partial charge in [-0.25, -0.2) is 0 Å². The van der Waals surface area contributed by atoms with Crippen molar-refractivity contribution >= 4 is 5.97 Å². The number of esters is 1. The minimum atomic E-state index is -0.631. The van der Waals surface area contributed by atoms with Crippen molar-refractivity contribution in [3.05, 3.63) is 0 Å². The van der Waals surface area contributed by atoms with Gasteiger partial charge in [0.15, 0.2) is 0 Å². The minimum Gasteiger partial charge on any atom is -0.465 e. The zero-order valence-corrected chi connectivity index (χ0v) is 10.8. The standard InChI is InChI=1S/C11H24N2O2/c1-7-15-10(14)11(4,8-13(5)6)12-9(2)3/h9,12H,7-8H2,1-6H3. The Morgan fingerprint density at radius 2 is 2.00 bits per heavy atom. The first-order valence-corrected chi connectivity index (χ1v) is 5.41. The molecule has 0 aliphatic carbocycles. The summed E-state index contributed by atoms with van der Waals surface area (Å²) in [6, 6.07) is 0.249. The molecule has 0 saturated heterocycles. The molecule has 0 spiro atoms. The predicted molar refractivity (Wildman–Crippen MR) is 61.9 cm³/mol. The molecule has 0 rings (SSSR count). The summed E-state index contributed by atoms with van der Waals surface area (Å²) in [4.78, 5) is 13.8. The molecule has 4 nitrogen and oxygen atoms in total. The third-order valence-electron chi connectivity index (χ3n) is 1.97. The van der Waals surface area contributed by atoms with E-state index in [1.54, 1.807) is 0 Å². The Morgan fingerprint density at radius 1 is 1.47 bits per heavy atom. The summed E-state index contributed by atoms with van der Waals surface area (Å²) in [7, 11) is 3.89. The van der Waals surface area contributed by atoms with Gasteiger partial charge in [-0.2, -0.15) is 0 Å². The first-order chi connectivity index (χ1) is 6.81. The first-order valence-electron chi connectivity index (χ1n) is 5.41. The molecule has 1 N–H and O–H groups in total. The lowest BCUT2D eigenvalue weighted by atomic mass is 10.0. The summed E-state index contributed by atoms with van der Waals surface area (Å²) in [5.74, 6) is -0.188. The van der Waals surface area contributed by atoms with Crippen LogP contribution in [0.5, 0.6) is 0 Å². The molecule has 1 unspecified atom stereocenters. The fraction of sp³-hybridized carbons (Fsp3) is 0.909. The Hall–Kier alpha value is -0.610. The van der Waals surface area contributed by atoms with E-state index in [1.807, 2.05) is 46.7 Å². The van der Waals surface area contributed by atoms with E-state index in [2.05, 4.69) is 5.32 Å². The highest BCUT2D eigenvalue weighted by molar-refractivity contribution is 5.80. The quantitative estimate of drug-likeness (QED) is 0.669. The van der Waals surface area contributed by atoms with Gasteiger partial charge in [0.1, 0.15) is 5.54 Å². The number of nitrogens with zero attached hydrogens (tertiary/aromatic N) is 1. The fourth-order valence-corrected chi connectivity index (χ4v) is 1.73. The van der Waals surface area contributed by atoms with Crippen LogP contribution in [0.2, 0.25) is 0 Å². The lowest BCUT2D eigenvalue weighted by Gasteiger charge is -2.32. The lowest BCUT2D eigenvalue weighted by molar-refractivity contribution is -0.151. The second-order valence-electron chi connectivity index (χ2n) is 4.59. The number of ether oxygens (including phenoxy) is 1. The van der Waals surface area contributed by atoms with Crippen LogP contribution in [-0.4, -0.2) is 49.7 Å². The van der Waals surface area contributed by atoms with E-state index in [-0.39, 0.29) is 12.0 Å². The first kappa shape index (κ1) is 14.4. The van der Waals surface area contributed by atoms with E-state index in [0.29, 0.717) is 13.2 Å². The topological polar surface area (TPSA) is 41.6 Å². The molecular formula is C11H24N2O2. The van der Waals surface area contributed by atoms with Gasteiger partial charge in [0.05, 0.1) is 6.61 Å². The van der Waals surface area contributed by atoms with Crippen LogP contribution in [-0.2, 0) is 9.53 Å². The van der Waals surface area contributed by atoms with E-state index in [0.717, 1.165) is 0 Å². The van der Waals surface area contributed by atoms with Gasteiger partial charge in [0.25, 0.3) is 0 Å². The summed E-state index contributed by atoms with van der Waals surface area (Å²) in [6.07, 6.45) is 0. The molecule has 0 fully saturated rings. The smallest absolute Gasteiger partial charge is 0.327 e. The number of carbonyl (C=O) groups excluding carboxylic acids is 1. The van der Waals surface area contributed by atoms with E-state index in [4.69, 9.17) is 4.74 Å². The maximum atomic E-state index is 11.8. The van der Waals surface area contributed by atoms with Crippen LogP contribution in [0.4, 0.5) is 0 Å². The SMILES string of the molecule is CCOC(=O)C(C)(CN(C)C)NC(C)C. The summed E-state index contributed by atoms with van der Waals surface area (Å²) in [5, 5.41) is 3.26. The molecule has 0 aliphatic heterocycles. The van der Waals surface area contributed by atoms with Gasteiger partial charge in [0.2, 0.25) is 0 Å². The molecule has 4 heteroatoms. The molecule has 0 aliphatic rings. The molecule has 0 aromatic heterocycles. The number of hydrogen-bond donors (Lipinski definition) is 1. The monoisotopic (exact) mass is 216 g/mol. The molecule has 15 heavy (non-hydrogen) atoms. The summed E-state index contributed by atoms with van der Waals surface area (Å²) in [6.45, 7) is 8.79. The van der Waals surface area contributed by atoms with Crippen LogP contribution in [0.3, 0.4) is 0 Å². The molecule has 90 valence electrons. The van der Waals surface area contributed by atoms with Crippen LogP contribution >= 0.6 is 0 Å². The van der Waals surface area contributed by atoms with Gasteiger partial charge < -0.3 is 9.64 Å². The number of likely N-dealkylation sites (N-methyl/N-ethyl adjacent to an activating group) is 1. The van der Waals surface area contributed by atoms with Gasteiger partial charge in [-0.1, -0.05) is 0 Å². The average Bonchev–Trinajstić information content (AvgIpc) is 2.01. The van der Waals surface area contributed by atoms with E-state index >= 15 is 0 Å². The average molecular weight is 216 g/mol. The third kappa shape index (κ3) is 5.14. The Labute approximate surface area is 93.0 Å². The third-order valence-corrected chi connectivity index (χ3v) is 1.97. The molecule has 0 heterocycles. The minimum absolute atomic E-state index is 0.188. The summed E-state index contributed by atoms with van der Waals surface area (Å²) < 4.78 is 5.08. The number of hydrogen-bond acceptors (Lipinski definition) is 4. The van der Waals surface area contributed by atoms with Crippen molar-refractivity contribution in [3.63, 3.8) is 0 Å². The zero-order valence-electron chi connectivity index (χ0n) is 10.8. The molecule has 0 radical (unpaired) electrons. The van der Waals surface area contributed by atoms with E-state index < -0.39 is 5.54 Å². The van der Waals surface area contributed by atoms with Gasteiger partial charge >= 0.3 is 5.97 Å². The van der Waals surface area contributed by atoms with Gasteiger partial charge in [-0.15, -0.1) is 0 Å². The van der Waals surface area contributed by atoms with Crippen molar-refractivity contribution < 1.29 is 9.53 Å². The van der Waals surface area contributed by atoms with Crippen molar-refractivity contribution in [2.45, 2.75) is 39.3 Å². The predicted octanol–water partition coefficient (Wildman–Crippen LogP) is 0.868. The highest BCUT2D eigenvalue weighted by atomic mass is 16.5. The second kappa shape index (κ2) is 6.08. The summed E-state index contributed by atoms with van der Waals surface area (Å²) >= 11 is 0. The fourth-order valence-electron chi connectivity index (χ4n) is 1.73. The van der Waals surface area contributed by atoms with Crippen LogP contribution in [0.25, 0.3) is 0 Å². The zero-order chi connectivity index (χ0) is 12.1. The number of rotatable bonds is 6. The van der Waals surface area contributed by atoms with E-state index in [1.165, 1.54) is 0 Å². The molecule has 0 amide bonds. The van der Waals surface area contributed by atoms with Crippen molar-refractivity contribution in [1.82, 2.24) is 10.2 Å². The number of carbonyl (C=O) groups is 1. The molecule has 0 aromatic carbocycles. The molecule has 0 saturated carbocycles. The molecule has 1 atom stereocenters. The Bertz CT molecular complexity index is 193.